The second-order valence-corrected chi connectivity index (χ2v) is 6.45. The van der Waals surface area contributed by atoms with Crippen molar-refractivity contribution < 1.29 is 14.3 Å². The Morgan fingerprint density at radius 2 is 1.96 bits per heavy atom. The first-order valence-electron chi connectivity index (χ1n) is 8.06. The molecule has 0 heterocycles. The number of ether oxygens (including phenoxy) is 2. The summed E-state index contributed by atoms with van der Waals surface area (Å²) in [6.07, 6.45) is 3.90. The van der Waals surface area contributed by atoms with Gasteiger partial charge in [0.25, 0.3) is 5.91 Å². The van der Waals surface area contributed by atoms with E-state index < -0.39 is 0 Å². The van der Waals surface area contributed by atoms with E-state index in [-0.39, 0.29) is 12.5 Å². The fraction of sp³-hybridized carbons (Fsp3) is 0.250. The smallest absolute Gasteiger partial charge is 0.260 e. The Bertz CT molecular complexity index is 806. The average molecular weight is 394 g/mol. The van der Waals surface area contributed by atoms with Crippen LogP contribution in [-0.2, 0) is 11.3 Å². The summed E-state index contributed by atoms with van der Waals surface area (Å²) in [7, 11) is 3.26. The van der Waals surface area contributed by atoms with E-state index in [1.807, 2.05) is 37.3 Å². The first-order chi connectivity index (χ1) is 12.5. The molecule has 0 aromatic heterocycles. The van der Waals surface area contributed by atoms with Crippen LogP contribution in [0.1, 0.15) is 18.1 Å². The fourth-order valence-corrected chi connectivity index (χ4v) is 2.74. The number of likely N-dealkylation sites (N-methyl/N-ethyl adjacent to an activating group) is 1. The summed E-state index contributed by atoms with van der Waals surface area (Å²) < 4.78 is 11.0. The molecular weight excluding hydrogens is 373 g/mol. The van der Waals surface area contributed by atoms with Crippen molar-refractivity contribution in [1.82, 2.24) is 4.90 Å². The molecule has 0 aliphatic carbocycles. The lowest BCUT2D eigenvalue weighted by Crippen LogP contribution is -2.31. The molecule has 4 nitrogen and oxygen atoms in total. The molecule has 0 unspecified atom stereocenters. The Labute approximate surface area is 163 Å². The van der Waals surface area contributed by atoms with Crippen LogP contribution in [0.2, 0.25) is 10.0 Å². The zero-order valence-electron chi connectivity index (χ0n) is 15.0. The molecular formula is C20H21Cl2NO3. The van der Waals surface area contributed by atoms with Crippen LogP contribution in [0.4, 0.5) is 0 Å². The van der Waals surface area contributed by atoms with Crippen molar-refractivity contribution >= 4 is 35.2 Å². The lowest BCUT2D eigenvalue weighted by atomic mass is 10.2. The highest BCUT2D eigenvalue weighted by Gasteiger charge is 2.14. The molecule has 0 saturated carbocycles. The zero-order chi connectivity index (χ0) is 19.1. The average Bonchev–Trinajstić information content (AvgIpc) is 2.64. The van der Waals surface area contributed by atoms with Gasteiger partial charge in [0, 0.05) is 13.6 Å². The van der Waals surface area contributed by atoms with E-state index >= 15 is 0 Å². The van der Waals surface area contributed by atoms with Crippen LogP contribution in [0.3, 0.4) is 0 Å². The molecule has 26 heavy (non-hydrogen) atoms. The Hall–Kier alpha value is -2.17. The van der Waals surface area contributed by atoms with Crippen LogP contribution in [-0.4, -0.2) is 31.6 Å². The van der Waals surface area contributed by atoms with Crippen LogP contribution in [0.5, 0.6) is 11.5 Å². The summed E-state index contributed by atoms with van der Waals surface area (Å²) >= 11 is 12.2. The van der Waals surface area contributed by atoms with Crippen molar-refractivity contribution in [3.05, 3.63) is 63.6 Å². The maximum Gasteiger partial charge on any atom is 0.260 e. The minimum Gasteiger partial charge on any atom is -0.493 e. The van der Waals surface area contributed by atoms with Crippen molar-refractivity contribution in [2.45, 2.75) is 13.5 Å². The lowest BCUT2D eigenvalue weighted by Gasteiger charge is -2.19. The van der Waals surface area contributed by atoms with Gasteiger partial charge in [-0.2, -0.15) is 0 Å². The standard InChI is InChI=1S/C20H21Cl2NO3/c1-4-6-14-9-10-17(18(11-14)25-3)26-13-19(24)23(2)12-15-7-5-8-16(21)20(15)22/h4-11H,12-13H2,1-3H3/b6-4+. The molecule has 2 aromatic rings. The first kappa shape index (κ1) is 20.1. The predicted octanol–water partition coefficient (Wildman–Crippen LogP) is 5.07. The van der Waals surface area contributed by atoms with Gasteiger partial charge in [-0.05, 0) is 36.2 Å². The number of amides is 1. The van der Waals surface area contributed by atoms with E-state index in [2.05, 4.69) is 0 Å². The van der Waals surface area contributed by atoms with E-state index in [4.69, 9.17) is 32.7 Å². The van der Waals surface area contributed by atoms with Crippen molar-refractivity contribution in [3.8, 4) is 11.5 Å². The molecule has 2 aromatic carbocycles. The molecule has 2 rings (SSSR count). The van der Waals surface area contributed by atoms with Crippen molar-refractivity contribution in [1.29, 1.82) is 0 Å². The molecule has 0 radical (unpaired) electrons. The van der Waals surface area contributed by atoms with Crippen LogP contribution < -0.4 is 9.47 Å². The monoisotopic (exact) mass is 393 g/mol. The Morgan fingerprint density at radius 3 is 2.65 bits per heavy atom. The molecule has 0 saturated heterocycles. The van der Waals surface area contributed by atoms with Gasteiger partial charge in [0.15, 0.2) is 18.1 Å². The van der Waals surface area contributed by atoms with Crippen LogP contribution in [0.15, 0.2) is 42.5 Å². The van der Waals surface area contributed by atoms with Crippen molar-refractivity contribution in [2.75, 3.05) is 20.8 Å². The lowest BCUT2D eigenvalue weighted by molar-refractivity contribution is -0.132. The molecule has 1 amide bonds. The number of carbonyl (C=O) groups excluding carboxylic acids is 1. The van der Waals surface area contributed by atoms with E-state index in [1.54, 1.807) is 32.4 Å². The molecule has 0 N–H and O–H groups in total. The summed E-state index contributed by atoms with van der Waals surface area (Å²) in [5, 5.41) is 0.920. The van der Waals surface area contributed by atoms with Gasteiger partial charge in [0.05, 0.1) is 17.2 Å². The van der Waals surface area contributed by atoms with Gasteiger partial charge >= 0.3 is 0 Å². The number of methoxy groups -OCH3 is 1. The van der Waals surface area contributed by atoms with E-state index in [0.29, 0.717) is 28.1 Å². The normalized spacial score (nSPS) is 10.8. The fourth-order valence-electron chi connectivity index (χ4n) is 2.36. The highest BCUT2D eigenvalue weighted by atomic mass is 35.5. The van der Waals surface area contributed by atoms with Crippen molar-refractivity contribution in [2.24, 2.45) is 0 Å². The van der Waals surface area contributed by atoms with Crippen molar-refractivity contribution in [3.63, 3.8) is 0 Å². The Balaban J connectivity index is 2.00. The quantitative estimate of drug-likeness (QED) is 0.658. The third-order valence-electron chi connectivity index (χ3n) is 3.76. The largest absolute Gasteiger partial charge is 0.493 e. The first-order valence-corrected chi connectivity index (χ1v) is 8.82. The van der Waals surface area contributed by atoms with Gasteiger partial charge in [-0.3, -0.25) is 4.79 Å². The highest BCUT2D eigenvalue weighted by Crippen LogP contribution is 2.29. The number of hydrogen-bond donors (Lipinski definition) is 0. The second-order valence-electron chi connectivity index (χ2n) is 5.66. The minimum atomic E-state index is -0.180. The van der Waals surface area contributed by atoms with Crippen LogP contribution >= 0.6 is 23.2 Å². The molecule has 138 valence electrons. The number of hydrogen-bond acceptors (Lipinski definition) is 3. The van der Waals surface area contributed by atoms with E-state index in [0.717, 1.165) is 11.1 Å². The summed E-state index contributed by atoms with van der Waals surface area (Å²) in [6.45, 7) is 2.19. The van der Waals surface area contributed by atoms with Gasteiger partial charge in [-0.1, -0.05) is 53.6 Å². The zero-order valence-corrected chi connectivity index (χ0v) is 16.5. The molecule has 0 spiro atoms. The number of benzene rings is 2. The molecule has 6 heteroatoms. The number of halogens is 2. The van der Waals surface area contributed by atoms with Gasteiger partial charge in [-0.15, -0.1) is 0 Å². The van der Waals surface area contributed by atoms with Gasteiger partial charge in [0.1, 0.15) is 0 Å². The molecule has 0 bridgehead atoms. The third kappa shape index (κ3) is 5.16. The number of carbonyl (C=O) groups is 1. The Morgan fingerprint density at radius 1 is 1.19 bits per heavy atom. The molecule has 0 aliphatic heterocycles. The van der Waals surface area contributed by atoms with Gasteiger partial charge in [0.2, 0.25) is 0 Å². The number of allylic oxidation sites excluding steroid dienone is 1. The predicted molar refractivity (Wildman–Crippen MR) is 106 cm³/mol. The van der Waals surface area contributed by atoms with Crippen LogP contribution in [0.25, 0.3) is 6.08 Å². The molecule has 0 atom stereocenters. The Kier molecular flexibility index (Phi) is 7.37. The maximum atomic E-state index is 12.4. The molecule has 0 fully saturated rings. The van der Waals surface area contributed by atoms with Gasteiger partial charge in [-0.25, -0.2) is 0 Å². The second kappa shape index (κ2) is 9.51. The van der Waals surface area contributed by atoms with E-state index in [1.165, 1.54) is 4.90 Å². The van der Waals surface area contributed by atoms with Gasteiger partial charge < -0.3 is 14.4 Å². The maximum absolute atomic E-state index is 12.4. The van der Waals surface area contributed by atoms with E-state index in [9.17, 15) is 4.79 Å². The van der Waals surface area contributed by atoms with Crippen LogP contribution in [0, 0.1) is 0 Å². The topological polar surface area (TPSA) is 38.8 Å². The number of rotatable bonds is 7. The highest BCUT2D eigenvalue weighted by molar-refractivity contribution is 6.42. The minimum absolute atomic E-state index is 0.103. The summed E-state index contributed by atoms with van der Waals surface area (Å²) in [5.41, 5.74) is 1.78. The number of nitrogens with zero attached hydrogens (tertiary/aromatic N) is 1. The third-order valence-corrected chi connectivity index (χ3v) is 4.62. The summed E-state index contributed by atoms with van der Waals surface area (Å²) in [5.74, 6) is 0.915. The SMILES string of the molecule is C/C=C/c1ccc(OCC(=O)N(C)Cc2cccc(Cl)c2Cl)c(OC)c1. The summed E-state index contributed by atoms with van der Waals surface area (Å²) in [6, 6.07) is 10.9. The summed E-state index contributed by atoms with van der Waals surface area (Å²) in [4.78, 5) is 13.9. The molecule has 0 aliphatic rings.